The zero-order chi connectivity index (χ0) is 61.9. The van der Waals surface area contributed by atoms with Crippen LogP contribution in [0, 0.1) is 0 Å². The Kier molecular flexibility index (Phi) is 10.2. The largest absolute Gasteiger partial charge is 0.374 e. The maximum absolute atomic E-state index is 2.87. The predicted octanol–water partition coefficient (Wildman–Crippen LogP) is 19.0. The van der Waals surface area contributed by atoms with Crippen LogP contribution in [0.15, 0.2) is 206 Å². The molecule has 8 aliphatic rings. The minimum Gasteiger partial charge on any atom is -0.374 e. The smallest absolute Gasteiger partial charge is 0.333 e. The first kappa shape index (κ1) is 52.0. The van der Waals surface area contributed by atoms with Crippen molar-refractivity contribution in [2.75, 3.05) is 0 Å². The topological polar surface area (TPSA) is 19.7 Å². The molecule has 4 nitrogen and oxygen atoms in total. The molecule has 0 spiro atoms. The summed E-state index contributed by atoms with van der Waals surface area (Å²) in [6.45, 7) is -0.185. The van der Waals surface area contributed by atoms with Gasteiger partial charge in [0.2, 0.25) is 0 Å². The third-order valence-electron chi connectivity index (χ3n) is 25.2. The van der Waals surface area contributed by atoms with E-state index in [4.69, 9.17) is 0 Å². The van der Waals surface area contributed by atoms with Crippen molar-refractivity contribution in [2.45, 2.75) is 103 Å². The maximum Gasteiger partial charge on any atom is 0.333 e. The number of nitrogens with zero attached hydrogens (tertiary/aromatic N) is 4. The molecular weight excluding hydrogens is 1160 g/mol. The van der Waals surface area contributed by atoms with Crippen LogP contribution < -0.4 is 21.9 Å². The zero-order valence-electron chi connectivity index (χ0n) is 53.9. The molecule has 0 atom stereocenters. The van der Waals surface area contributed by atoms with Gasteiger partial charge in [0, 0.05) is 65.9 Å². The van der Waals surface area contributed by atoms with Gasteiger partial charge in [-0.3, -0.25) is 0 Å². The van der Waals surface area contributed by atoms with Gasteiger partial charge in [0.05, 0.1) is 33.1 Å². The lowest BCUT2D eigenvalue weighted by molar-refractivity contribution is 0.686. The van der Waals surface area contributed by atoms with Gasteiger partial charge in [0.25, 0.3) is 0 Å². The van der Waals surface area contributed by atoms with Crippen molar-refractivity contribution in [1.82, 2.24) is 18.1 Å². The molecule has 0 fully saturated rings. The number of aromatic nitrogens is 4. The van der Waals surface area contributed by atoms with Crippen LogP contribution in [0.2, 0.25) is 0 Å². The van der Waals surface area contributed by atoms with Crippen molar-refractivity contribution in [1.29, 1.82) is 0 Å². The molecule has 16 aromatic rings. The molecular formula is C90H66B2N4. The Morgan fingerprint density at radius 3 is 0.938 bits per heavy atom. The predicted molar refractivity (Wildman–Crippen MR) is 404 cm³/mol. The Morgan fingerprint density at radius 2 is 0.552 bits per heavy atom. The summed E-state index contributed by atoms with van der Waals surface area (Å²) in [5.41, 5.74) is 46.8. The molecule has 0 radical (unpaired) electrons. The van der Waals surface area contributed by atoms with Crippen LogP contribution in [0.25, 0.3) is 155 Å². The normalized spacial score (nSPS) is 15.8. The summed E-state index contributed by atoms with van der Waals surface area (Å²) in [4.78, 5) is 0. The van der Waals surface area contributed by atoms with Crippen molar-refractivity contribution >= 4 is 112 Å². The number of para-hydroxylation sites is 2. The minimum absolute atomic E-state index is 0.0923. The fraction of sp³-hybridized carbons (Fsp3) is 0.178. The highest BCUT2D eigenvalue weighted by Gasteiger charge is 2.47. The van der Waals surface area contributed by atoms with Gasteiger partial charge in [-0.25, -0.2) is 0 Å². The Morgan fingerprint density at radius 1 is 0.229 bits per heavy atom. The molecule has 6 heteroatoms. The molecule has 8 heterocycles. The van der Waals surface area contributed by atoms with Gasteiger partial charge < -0.3 is 18.1 Å². The first-order valence-corrected chi connectivity index (χ1v) is 36.2. The monoisotopic (exact) mass is 1220 g/mol. The van der Waals surface area contributed by atoms with E-state index in [1.165, 1.54) is 311 Å². The van der Waals surface area contributed by atoms with Gasteiger partial charge in [-0.2, -0.15) is 0 Å². The lowest BCUT2D eigenvalue weighted by atomic mass is 9.45. The van der Waals surface area contributed by atoms with Gasteiger partial charge in [-0.05, 0) is 249 Å². The first-order chi connectivity index (χ1) is 47.6. The molecule has 4 aliphatic carbocycles. The summed E-state index contributed by atoms with van der Waals surface area (Å²) >= 11 is 0. The first-order valence-electron chi connectivity index (χ1n) is 36.2. The standard InChI is InChI=1S/C90H66B2N4/c1-5-15-55-43-59(27-23-51(55)11-1)63-31-35-67-73-39-37-69-71-19-9-21-75-85(71)95(91-77-41-33-65(61-29-25-53-13-3-7-17-57(53)45-61)49-81(77)93(79(67)47-63)87(73)83(69)91)89-76-22-10-20-72-70-38-40-74-68-36-32-64(60-28-24-52-12-2-6-16-56(52)44-60)48-80(68)94-82-50-66(62-30-26-54-14-4-8-18-58(54)46-62)34-42-78(82)92(84(70)88(74)94)96(86(72)76)90(75)89/h9-10,19-50H,1-8,11-18H2. The third-order valence-corrected chi connectivity index (χ3v) is 25.2. The average Bonchev–Trinajstić information content (AvgIpc) is 1.47. The quantitative estimate of drug-likeness (QED) is 0.157. The van der Waals surface area contributed by atoms with Gasteiger partial charge >= 0.3 is 13.7 Å². The lowest BCUT2D eigenvalue weighted by Gasteiger charge is -2.34. The van der Waals surface area contributed by atoms with Crippen LogP contribution in [0.1, 0.15) is 95.9 Å². The van der Waals surface area contributed by atoms with E-state index in [1.807, 2.05) is 0 Å². The third kappa shape index (κ3) is 6.73. The lowest BCUT2D eigenvalue weighted by Crippen LogP contribution is -2.55. The summed E-state index contributed by atoms with van der Waals surface area (Å²) in [6, 6.07) is 84.0. The molecule has 452 valence electrons. The molecule has 96 heavy (non-hydrogen) atoms. The summed E-state index contributed by atoms with van der Waals surface area (Å²) in [7, 11) is 0. The van der Waals surface area contributed by atoms with Gasteiger partial charge in [0.15, 0.2) is 0 Å². The summed E-state index contributed by atoms with van der Waals surface area (Å²) < 4.78 is 11.2. The van der Waals surface area contributed by atoms with Crippen molar-refractivity contribution in [3.63, 3.8) is 0 Å². The molecule has 4 aliphatic heterocycles. The van der Waals surface area contributed by atoms with Crippen LogP contribution in [0.4, 0.5) is 0 Å². The molecule has 0 bridgehead atoms. The van der Waals surface area contributed by atoms with E-state index in [0.29, 0.717) is 0 Å². The van der Waals surface area contributed by atoms with Crippen LogP contribution in [-0.4, -0.2) is 31.8 Å². The summed E-state index contributed by atoms with van der Waals surface area (Å²) in [5, 5.41) is 7.94. The molecule has 0 saturated carbocycles. The fourth-order valence-electron chi connectivity index (χ4n) is 20.8. The second-order valence-electron chi connectivity index (χ2n) is 29.9. The Hall–Kier alpha value is -10.3. The molecule has 4 aromatic heterocycles. The van der Waals surface area contributed by atoms with E-state index >= 15 is 0 Å². The molecule has 0 N–H and O–H groups in total. The highest BCUT2D eigenvalue weighted by atomic mass is 15.1. The van der Waals surface area contributed by atoms with E-state index < -0.39 is 0 Å². The summed E-state index contributed by atoms with van der Waals surface area (Å²) in [6.07, 6.45) is 19.6. The van der Waals surface area contributed by atoms with Crippen LogP contribution in [0.3, 0.4) is 0 Å². The van der Waals surface area contributed by atoms with Crippen LogP contribution >= 0.6 is 0 Å². The van der Waals surface area contributed by atoms with Crippen molar-refractivity contribution in [2.24, 2.45) is 0 Å². The van der Waals surface area contributed by atoms with Gasteiger partial charge in [-0.1, -0.05) is 182 Å². The second-order valence-corrected chi connectivity index (χ2v) is 29.9. The fourth-order valence-corrected chi connectivity index (χ4v) is 20.8. The maximum atomic E-state index is 2.87. The van der Waals surface area contributed by atoms with E-state index in [2.05, 4.69) is 224 Å². The molecule has 0 amide bonds. The highest BCUT2D eigenvalue weighted by Crippen LogP contribution is 2.51. The number of rotatable bonds is 4. The SMILES string of the molecule is c1cc2c3c(c1)c1c(c4cccc5c4n1B1c4ccc(-c6ccc7c(c6)CCCC7)cc4-n4c6cc(-c7ccc8c(c7)CCCC8)ccc6c6ccc-5c1c64)n3B1c3ccc(-c4ccc5c(c4)CCCC5)cc3-n3c4cc(-c5ccc6c(c5)CCCC6)ccc4c4ccc-2c1c43. The number of hydrogen-bond donors (Lipinski definition) is 0. The molecule has 12 aromatic carbocycles. The Labute approximate surface area is 558 Å². The van der Waals surface area contributed by atoms with Crippen molar-refractivity contribution in [3.05, 3.63) is 251 Å². The minimum atomic E-state index is -0.0923. The van der Waals surface area contributed by atoms with E-state index in [9.17, 15) is 0 Å². The van der Waals surface area contributed by atoms with Gasteiger partial charge in [-0.15, -0.1) is 0 Å². The number of benzene rings is 12. The zero-order valence-corrected chi connectivity index (χ0v) is 53.9. The molecule has 0 unspecified atom stereocenters. The molecule has 0 saturated heterocycles. The van der Waals surface area contributed by atoms with E-state index in [0.717, 1.165) is 12.8 Å². The second kappa shape index (κ2) is 18.8. The highest BCUT2D eigenvalue weighted by molar-refractivity contribution is 6.92. The van der Waals surface area contributed by atoms with Gasteiger partial charge in [0.1, 0.15) is 0 Å². The van der Waals surface area contributed by atoms with Crippen LogP contribution in [0.5, 0.6) is 0 Å². The molecule has 24 rings (SSSR count). The number of aryl methyl sites for hydroxylation is 8. The summed E-state index contributed by atoms with van der Waals surface area (Å²) in [5.74, 6) is 0. The van der Waals surface area contributed by atoms with Crippen LogP contribution in [-0.2, 0) is 51.4 Å². The number of fused-ring (bicyclic) bond motifs is 25. The average molecular weight is 1230 g/mol. The Balaban J connectivity index is 0.778. The van der Waals surface area contributed by atoms with Crippen molar-refractivity contribution in [3.8, 4) is 78.1 Å². The number of hydrogen-bond acceptors (Lipinski definition) is 0. The van der Waals surface area contributed by atoms with E-state index in [1.54, 1.807) is 0 Å². The Bertz CT molecular complexity index is 5930. The van der Waals surface area contributed by atoms with Crippen molar-refractivity contribution < 1.29 is 0 Å². The van der Waals surface area contributed by atoms with E-state index in [-0.39, 0.29) is 13.7 Å².